The first-order chi connectivity index (χ1) is 27.3. The van der Waals surface area contributed by atoms with Gasteiger partial charge in [0.15, 0.2) is 5.78 Å². The predicted molar refractivity (Wildman–Crippen MR) is 220 cm³/mol. The van der Waals surface area contributed by atoms with Crippen molar-refractivity contribution in [3.63, 3.8) is 0 Å². The van der Waals surface area contributed by atoms with Crippen molar-refractivity contribution < 1.29 is 29.3 Å². The number of H-pyrrole nitrogens is 1. The van der Waals surface area contributed by atoms with Crippen molar-refractivity contribution in [2.45, 2.75) is 63.7 Å². The van der Waals surface area contributed by atoms with Crippen LogP contribution in [0, 0.1) is 5.92 Å². The first-order valence-electron chi connectivity index (χ1n) is 19.5. The van der Waals surface area contributed by atoms with Crippen LogP contribution < -0.4 is 20.9 Å². The van der Waals surface area contributed by atoms with E-state index in [1.165, 1.54) is 12.1 Å². The minimum absolute atomic E-state index is 0.0289. The number of carbonyl (C=O) groups is 2. The number of aromatic nitrogens is 1. The number of ketones is 1. The van der Waals surface area contributed by atoms with Crippen molar-refractivity contribution in [3.8, 4) is 11.5 Å². The number of Topliss-reactive ketones (excluding diaryl/α,β-unsaturated/α-hetero) is 1. The van der Waals surface area contributed by atoms with Crippen LogP contribution in [0.15, 0.2) is 100 Å². The second kappa shape index (κ2) is 20.2. The third kappa shape index (κ3) is 11.1. The number of rotatable bonds is 19. The lowest BCUT2D eigenvalue weighted by Crippen LogP contribution is -2.48. The molecule has 296 valence electrons. The van der Waals surface area contributed by atoms with Crippen LogP contribution in [0.5, 0.6) is 11.5 Å². The summed E-state index contributed by atoms with van der Waals surface area (Å²) in [6, 6.07) is 24.9. The quantitative estimate of drug-likeness (QED) is 0.0428. The average molecular weight is 781 g/mol. The number of phenols is 1. The van der Waals surface area contributed by atoms with Gasteiger partial charge in [-0.1, -0.05) is 68.3 Å². The van der Waals surface area contributed by atoms with E-state index in [2.05, 4.69) is 27.4 Å². The van der Waals surface area contributed by atoms with Crippen molar-refractivity contribution >= 4 is 34.1 Å². The molecule has 4 atom stereocenters. The number of unbranched alkanes of at least 4 members (excludes halogenated alkanes) is 3. The topological polar surface area (TPSA) is 153 Å². The zero-order valence-electron chi connectivity index (χ0n) is 31.8. The van der Waals surface area contributed by atoms with Gasteiger partial charge in [0, 0.05) is 30.1 Å². The number of aromatic amines is 1. The number of thiophene rings is 1. The standard InChI is InChI=1S/C44H52N4O7S/c1-2-30-19-22-48(27-39(51)31-11-6-5-7-12-31)28-40(30)55-44(53)47-42(33-20-24-56-29-33)32-13-10-14-34(25-32)54-23-9-4-3-8-21-45-26-38(50)35-15-17-37(49)43-36(35)16-18-41(52)46-43/h5-7,10-18,20,24-25,29-30,38,40,42,45,49-50H,2-4,8-9,19,21-23,26-28H2,1H3,(H,46,52)(H,47,53)/t30?,38-,40-,42?/m0/s1. The van der Waals surface area contributed by atoms with Gasteiger partial charge in [-0.15, -0.1) is 0 Å². The van der Waals surface area contributed by atoms with Crippen LogP contribution in [0.3, 0.4) is 0 Å². The Labute approximate surface area is 331 Å². The smallest absolute Gasteiger partial charge is 0.408 e. The molecule has 6 rings (SSSR count). The van der Waals surface area contributed by atoms with Crippen molar-refractivity contribution in [2.24, 2.45) is 5.92 Å². The Balaban J connectivity index is 0.939. The van der Waals surface area contributed by atoms with Crippen LogP contribution in [0.1, 0.15) is 84.6 Å². The van der Waals surface area contributed by atoms with Crippen LogP contribution >= 0.6 is 11.3 Å². The number of carbonyl (C=O) groups excluding carboxylic acids is 2. The van der Waals surface area contributed by atoms with Gasteiger partial charge in [0.2, 0.25) is 5.56 Å². The summed E-state index contributed by atoms with van der Waals surface area (Å²) in [4.78, 5) is 42.8. The highest BCUT2D eigenvalue weighted by molar-refractivity contribution is 7.08. The van der Waals surface area contributed by atoms with Gasteiger partial charge in [0.05, 0.1) is 30.8 Å². The summed E-state index contributed by atoms with van der Waals surface area (Å²) in [6.45, 7) is 5.38. The molecule has 2 unspecified atom stereocenters. The van der Waals surface area contributed by atoms with Crippen LogP contribution in [-0.2, 0) is 4.74 Å². The second-order valence-electron chi connectivity index (χ2n) is 14.4. The molecule has 0 spiro atoms. The van der Waals surface area contributed by atoms with E-state index in [9.17, 15) is 24.6 Å². The Morgan fingerprint density at radius 3 is 2.62 bits per heavy atom. The number of aliphatic hydroxyl groups is 1. The first kappa shape index (κ1) is 40.6. The molecule has 0 bridgehead atoms. The summed E-state index contributed by atoms with van der Waals surface area (Å²) in [5.74, 6) is 0.986. The maximum absolute atomic E-state index is 13.5. The van der Waals surface area contributed by atoms with E-state index in [0.717, 1.165) is 68.5 Å². The molecule has 12 heteroatoms. The molecule has 3 heterocycles. The molecule has 5 aromatic rings. The maximum Gasteiger partial charge on any atom is 0.408 e. The van der Waals surface area contributed by atoms with Gasteiger partial charge in [0.1, 0.15) is 17.6 Å². The highest BCUT2D eigenvalue weighted by Gasteiger charge is 2.33. The van der Waals surface area contributed by atoms with Gasteiger partial charge in [0.25, 0.3) is 0 Å². The number of piperidine rings is 1. The Kier molecular flexibility index (Phi) is 14.7. The summed E-state index contributed by atoms with van der Waals surface area (Å²) in [5.41, 5.74) is 3.20. The molecule has 3 aromatic carbocycles. The zero-order chi connectivity index (χ0) is 39.3. The lowest BCUT2D eigenvalue weighted by atomic mass is 9.91. The van der Waals surface area contributed by atoms with Gasteiger partial charge in [-0.3, -0.25) is 14.5 Å². The molecule has 56 heavy (non-hydrogen) atoms. The number of amides is 1. The molecular weight excluding hydrogens is 729 g/mol. The summed E-state index contributed by atoms with van der Waals surface area (Å²) in [7, 11) is 0. The fourth-order valence-corrected chi connectivity index (χ4v) is 8.04. The van der Waals surface area contributed by atoms with Crippen molar-refractivity contribution in [1.29, 1.82) is 0 Å². The minimum atomic E-state index is -0.784. The Morgan fingerprint density at radius 2 is 1.82 bits per heavy atom. The number of benzene rings is 3. The summed E-state index contributed by atoms with van der Waals surface area (Å²) >= 11 is 1.57. The summed E-state index contributed by atoms with van der Waals surface area (Å²) in [6.07, 6.45) is 3.98. The molecule has 1 fully saturated rings. The number of nitrogens with zero attached hydrogens (tertiary/aromatic N) is 1. The summed E-state index contributed by atoms with van der Waals surface area (Å²) < 4.78 is 12.2. The molecule has 1 aliphatic heterocycles. The molecule has 1 amide bonds. The highest BCUT2D eigenvalue weighted by atomic mass is 32.1. The van der Waals surface area contributed by atoms with E-state index in [-0.39, 0.29) is 29.1 Å². The number of phenolic OH excluding ortho intramolecular Hbond substituents is 1. The average Bonchev–Trinajstić information content (AvgIpc) is 3.75. The molecule has 1 aliphatic rings. The number of alkyl carbamates (subject to hydrolysis) is 1. The van der Waals surface area contributed by atoms with E-state index < -0.39 is 18.2 Å². The molecule has 2 aromatic heterocycles. The molecule has 0 saturated carbocycles. The van der Waals surface area contributed by atoms with E-state index in [1.807, 2.05) is 71.4 Å². The summed E-state index contributed by atoms with van der Waals surface area (Å²) in [5, 5.41) is 31.9. The van der Waals surface area contributed by atoms with Gasteiger partial charge in [-0.2, -0.15) is 11.3 Å². The molecule has 0 aliphatic carbocycles. The minimum Gasteiger partial charge on any atom is -0.506 e. The second-order valence-corrected chi connectivity index (χ2v) is 15.2. The number of hydrogen-bond donors (Lipinski definition) is 5. The molecule has 1 saturated heterocycles. The van der Waals surface area contributed by atoms with Crippen molar-refractivity contribution in [1.82, 2.24) is 20.5 Å². The maximum atomic E-state index is 13.5. The number of hydrogen-bond acceptors (Lipinski definition) is 10. The lowest BCUT2D eigenvalue weighted by molar-refractivity contribution is 0.00337. The number of aliphatic hydroxyl groups excluding tert-OH is 1. The Morgan fingerprint density at radius 1 is 0.982 bits per heavy atom. The fraction of sp³-hybridized carbons (Fsp3) is 0.386. The number of pyridine rings is 1. The Hall–Kier alpha value is -5.01. The van der Waals surface area contributed by atoms with Gasteiger partial charge >= 0.3 is 6.09 Å². The molecule has 5 N–H and O–H groups in total. The van der Waals surface area contributed by atoms with Crippen LogP contribution in [0.25, 0.3) is 10.9 Å². The van der Waals surface area contributed by atoms with E-state index in [4.69, 9.17) is 9.47 Å². The number of fused-ring (bicyclic) bond motifs is 1. The molecular formula is C44H52N4O7S. The normalized spacial score (nSPS) is 17.0. The number of likely N-dealkylation sites (tertiary alicyclic amines) is 1. The van der Waals surface area contributed by atoms with Crippen molar-refractivity contribution in [2.75, 3.05) is 39.3 Å². The van der Waals surface area contributed by atoms with E-state index in [1.54, 1.807) is 23.5 Å². The van der Waals surface area contributed by atoms with E-state index in [0.29, 0.717) is 48.3 Å². The van der Waals surface area contributed by atoms with Gasteiger partial charge < -0.3 is 35.3 Å². The zero-order valence-corrected chi connectivity index (χ0v) is 32.6. The van der Waals surface area contributed by atoms with E-state index >= 15 is 0 Å². The third-order valence-corrected chi connectivity index (χ3v) is 11.2. The number of ether oxygens (including phenoxy) is 2. The number of nitrogens with one attached hydrogen (secondary N) is 3. The fourth-order valence-electron chi connectivity index (χ4n) is 7.36. The van der Waals surface area contributed by atoms with Crippen LogP contribution in [0.2, 0.25) is 0 Å². The van der Waals surface area contributed by atoms with Crippen LogP contribution in [0.4, 0.5) is 4.79 Å². The molecule has 0 radical (unpaired) electrons. The highest BCUT2D eigenvalue weighted by Crippen LogP contribution is 2.30. The SMILES string of the molecule is CCC1CCN(CC(=O)c2ccccc2)C[C@@H]1OC(=O)NC(c1ccsc1)c1cccc(OCCCCCCNC[C@H](O)c2ccc(O)c3[nH]c(=O)ccc23)c1. The largest absolute Gasteiger partial charge is 0.506 e. The molecule has 11 nitrogen and oxygen atoms in total. The Bertz CT molecular complexity index is 2070. The monoisotopic (exact) mass is 780 g/mol. The van der Waals surface area contributed by atoms with Gasteiger partial charge in [-0.05, 0) is 102 Å². The third-order valence-electron chi connectivity index (χ3n) is 10.5. The van der Waals surface area contributed by atoms with Gasteiger partial charge in [-0.25, -0.2) is 4.79 Å². The first-order valence-corrected chi connectivity index (χ1v) is 20.5. The van der Waals surface area contributed by atoms with Crippen molar-refractivity contribution in [3.05, 3.63) is 128 Å². The number of aromatic hydroxyl groups is 1. The lowest BCUT2D eigenvalue weighted by Gasteiger charge is -2.37. The predicted octanol–water partition coefficient (Wildman–Crippen LogP) is 7.36. The van der Waals surface area contributed by atoms with Crippen LogP contribution in [-0.4, -0.2) is 77.4 Å².